The van der Waals surface area contributed by atoms with Crippen LogP contribution in [0.25, 0.3) is 0 Å². The summed E-state index contributed by atoms with van der Waals surface area (Å²) in [5.74, 6) is 1.72. The molecule has 1 aliphatic rings. The van der Waals surface area contributed by atoms with Crippen molar-refractivity contribution in [1.82, 2.24) is 15.3 Å². The van der Waals surface area contributed by atoms with Gasteiger partial charge in [0.25, 0.3) is 0 Å². The second kappa shape index (κ2) is 7.19. The normalized spacial score (nSPS) is 19.5. The number of aromatic nitrogens is 2. The van der Waals surface area contributed by atoms with E-state index in [1.54, 1.807) is 6.20 Å². The van der Waals surface area contributed by atoms with Crippen LogP contribution in [0.4, 0.5) is 5.82 Å². The van der Waals surface area contributed by atoms with Crippen LogP contribution in [0, 0.1) is 6.92 Å². The number of anilines is 1. The summed E-state index contributed by atoms with van der Waals surface area (Å²) in [7, 11) is 1.53. The smallest absolute Gasteiger partial charge is 0.246 e. The summed E-state index contributed by atoms with van der Waals surface area (Å²) in [6.45, 7) is 3.89. The van der Waals surface area contributed by atoms with Gasteiger partial charge in [-0.3, -0.25) is 4.79 Å². The first-order chi connectivity index (χ1) is 9.69. The maximum absolute atomic E-state index is 11.5. The Balaban J connectivity index is 1.90. The van der Waals surface area contributed by atoms with Gasteiger partial charge in [0.2, 0.25) is 5.91 Å². The third kappa shape index (κ3) is 4.16. The predicted octanol–water partition coefficient (Wildman–Crippen LogP) is 0.907. The standard InChI is InChI=1S/C14H22N4O2/c1-11-15-7-5-13(16-11)18-8-3-4-12(6-9-18)17-14(19)10-20-2/h5,7,12H,3-4,6,8-10H2,1-2H3,(H,17,19). The number of rotatable bonds is 4. The van der Waals surface area contributed by atoms with E-state index < -0.39 is 0 Å². The van der Waals surface area contributed by atoms with Crippen LogP contribution in [0.2, 0.25) is 0 Å². The van der Waals surface area contributed by atoms with Gasteiger partial charge < -0.3 is 15.0 Å². The molecule has 20 heavy (non-hydrogen) atoms. The molecule has 1 aromatic rings. The molecule has 1 unspecified atom stereocenters. The lowest BCUT2D eigenvalue weighted by atomic mass is 10.1. The monoisotopic (exact) mass is 278 g/mol. The average molecular weight is 278 g/mol. The number of carbonyl (C=O) groups excluding carboxylic acids is 1. The van der Waals surface area contributed by atoms with Crippen molar-refractivity contribution in [1.29, 1.82) is 0 Å². The Morgan fingerprint density at radius 1 is 1.50 bits per heavy atom. The summed E-state index contributed by atoms with van der Waals surface area (Å²) in [4.78, 5) is 22.4. The highest BCUT2D eigenvalue weighted by atomic mass is 16.5. The predicted molar refractivity (Wildman–Crippen MR) is 76.6 cm³/mol. The lowest BCUT2D eigenvalue weighted by Crippen LogP contribution is -2.37. The van der Waals surface area contributed by atoms with E-state index in [2.05, 4.69) is 20.2 Å². The van der Waals surface area contributed by atoms with Gasteiger partial charge in [0.15, 0.2) is 0 Å². The molecule has 6 heteroatoms. The zero-order valence-corrected chi connectivity index (χ0v) is 12.1. The molecular formula is C14H22N4O2. The van der Waals surface area contributed by atoms with E-state index in [-0.39, 0.29) is 18.6 Å². The lowest BCUT2D eigenvalue weighted by Gasteiger charge is -2.21. The first-order valence-electron chi connectivity index (χ1n) is 7.02. The van der Waals surface area contributed by atoms with Crippen molar-refractivity contribution in [3.63, 3.8) is 0 Å². The third-order valence-corrected chi connectivity index (χ3v) is 3.45. The van der Waals surface area contributed by atoms with Gasteiger partial charge in [-0.1, -0.05) is 0 Å². The summed E-state index contributed by atoms with van der Waals surface area (Å²) in [6, 6.07) is 2.17. The van der Waals surface area contributed by atoms with E-state index in [0.29, 0.717) is 0 Å². The summed E-state index contributed by atoms with van der Waals surface area (Å²) in [5.41, 5.74) is 0. The number of nitrogens with one attached hydrogen (secondary N) is 1. The molecule has 1 fully saturated rings. The van der Waals surface area contributed by atoms with E-state index in [9.17, 15) is 4.79 Å². The maximum atomic E-state index is 11.5. The second-order valence-electron chi connectivity index (χ2n) is 5.08. The van der Waals surface area contributed by atoms with Gasteiger partial charge >= 0.3 is 0 Å². The Morgan fingerprint density at radius 2 is 2.35 bits per heavy atom. The molecule has 0 saturated carbocycles. The van der Waals surface area contributed by atoms with Crippen molar-refractivity contribution >= 4 is 11.7 Å². The molecule has 2 rings (SSSR count). The second-order valence-corrected chi connectivity index (χ2v) is 5.08. The Bertz CT molecular complexity index is 453. The van der Waals surface area contributed by atoms with Crippen molar-refractivity contribution in [3.8, 4) is 0 Å². The number of nitrogens with zero attached hydrogens (tertiary/aromatic N) is 3. The Labute approximate surface area is 119 Å². The van der Waals surface area contributed by atoms with Crippen molar-refractivity contribution < 1.29 is 9.53 Å². The minimum absolute atomic E-state index is 0.0381. The van der Waals surface area contributed by atoms with Crippen molar-refractivity contribution in [3.05, 3.63) is 18.1 Å². The lowest BCUT2D eigenvalue weighted by molar-refractivity contribution is -0.125. The van der Waals surface area contributed by atoms with Crippen LogP contribution in [-0.2, 0) is 9.53 Å². The molecule has 1 aromatic heterocycles. The molecule has 0 bridgehead atoms. The third-order valence-electron chi connectivity index (χ3n) is 3.45. The summed E-state index contributed by atoms with van der Waals surface area (Å²) < 4.78 is 4.84. The van der Waals surface area contributed by atoms with Crippen LogP contribution in [0.3, 0.4) is 0 Å². The molecule has 2 heterocycles. The van der Waals surface area contributed by atoms with E-state index in [0.717, 1.165) is 44.0 Å². The van der Waals surface area contributed by atoms with Gasteiger partial charge in [0.1, 0.15) is 18.2 Å². The average Bonchev–Trinajstić information content (AvgIpc) is 2.64. The first-order valence-corrected chi connectivity index (χ1v) is 7.02. The maximum Gasteiger partial charge on any atom is 0.246 e. The van der Waals surface area contributed by atoms with E-state index in [4.69, 9.17) is 4.74 Å². The van der Waals surface area contributed by atoms with E-state index in [1.807, 2.05) is 13.0 Å². The van der Waals surface area contributed by atoms with Crippen LogP contribution in [-0.4, -0.2) is 48.7 Å². The van der Waals surface area contributed by atoms with Gasteiger partial charge in [-0.25, -0.2) is 9.97 Å². The number of carbonyl (C=O) groups is 1. The van der Waals surface area contributed by atoms with Crippen LogP contribution >= 0.6 is 0 Å². The van der Waals surface area contributed by atoms with Crippen molar-refractivity contribution in [2.45, 2.75) is 32.2 Å². The zero-order valence-electron chi connectivity index (χ0n) is 12.1. The Hall–Kier alpha value is -1.69. The van der Waals surface area contributed by atoms with Crippen LogP contribution < -0.4 is 10.2 Å². The highest BCUT2D eigenvalue weighted by Gasteiger charge is 2.19. The number of amides is 1. The fourth-order valence-corrected chi connectivity index (χ4v) is 2.49. The summed E-state index contributed by atoms with van der Waals surface area (Å²) in [6.07, 6.45) is 4.76. The van der Waals surface area contributed by atoms with Crippen molar-refractivity contribution in [2.24, 2.45) is 0 Å². The minimum atomic E-state index is -0.0381. The van der Waals surface area contributed by atoms with Gasteiger partial charge in [-0.2, -0.15) is 0 Å². The Morgan fingerprint density at radius 3 is 3.10 bits per heavy atom. The fourth-order valence-electron chi connectivity index (χ4n) is 2.49. The first kappa shape index (κ1) is 14.7. The van der Waals surface area contributed by atoms with Crippen LogP contribution in [0.5, 0.6) is 0 Å². The number of hydrogen-bond acceptors (Lipinski definition) is 5. The molecule has 110 valence electrons. The number of hydrogen-bond donors (Lipinski definition) is 1. The van der Waals surface area contributed by atoms with Crippen molar-refractivity contribution in [2.75, 3.05) is 31.7 Å². The molecule has 0 aromatic carbocycles. The number of aryl methyl sites for hydroxylation is 1. The Kier molecular flexibility index (Phi) is 5.29. The molecule has 0 aliphatic carbocycles. The molecule has 0 spiro atoms. The summed E-state index contributed by atoms with van der Waals surface area (Å²) >= 11 is 0. The fraction of sp³-hybridized carbons (Fsp3) is 0.643. The minimum Gasteiger partial charge on any atom is -0.375 e. The van der Waals surface area contributed by atoms with Gasteiger partial charge in [0.05, 0.1) is 0 Å². The topological polar surface area (TPSA) is 67.3 Å². The quantitative estimate of drug-likeness (QED) is 0.886. The van der Waals surface area contributed by atoms with Gasteiger partial charge in [-0.15, -0.1) is 0 Å². The molecule has 1 amide bonds. The molecule has 1 N–H and O–H groups in total. The van der Waals surface area contributed by atoms with Crippen LogP contribution in [0.15, 0.2) is 12.3 Å². The number of methoxy groups -OCH3 is 1. The molecular weight excluding hydrogens is 256 g/mol. The molecule has 0 radical (unpaired) electrons. The van der Waals surface area contributed by atoms with E-state index >= 15 is 0 Å². The highest BCUT2D eigenvalue weighted by molar-refractivity contribution is 5.77. The van der Waals surface area contributed by atoms with Gasteiger partial charge in [0, 0.05) is 32.4 Å². The molecule has 6 nitrogen and oxygen atoms in total. The summed E-state index contributed by atoms with van der Waals surface area (Å²) in [5, 5.41) is 3.02. The highest BCUT2D eigenvalue weighted by Crippen LogP contribution is 2.17. The number of ether oxygens (including phenoxy) is 1. The van der Waals surface area contributed by atoms with Gasteiger partial charge in [-0.05, 0) is 32.3 Å². The SMILES string of the molecule is COCC(=O)NC1CCCN(c2ccnc(C)n2)CC1. The van der Waals surface area contributed by atoms with E-state index in [1.165, 1.54) is 7.11 Å². The zero-order chi connectivity index (χ0) is 14.4. The molecule has 1 aliphatic heterocycles. The molecule has 1 atom stereocenters. The largest absolute Gasteiger partial charge is 0.375 e. The molecule has 1 saturated heterocycles. The van der Waals surface area contributed by atoms with Crippen LogP contribution in [0.1, 0.15) is 25.1 Å².